The van der Waals surface area contributed by atoms with Gasteiger partial charge in [0.05, 0.1) is 10.6 Å². The topological polar surface area (TPSA) is 86.8 Å². The zero-order valence-electron chi connectivity index (χ0n) is 22.4. The van der Waals surface area contributed by atoms with Gasteiger partial charge in [-0.05, 0) is 75.2 Å². The van der Waals surface area contributed by atoms with Crippen molar-refractivity contribution in [2.24, 2.45) is 0 Å². The summed E-state index contributed by atoms with van der Waals surface area (Å²) in [7, 11) is -4.12. The van der Waals surface area contributed by atoms with E-state index in [0.717, 1.165) is 20.8 Å². The summed E-state index contributed by atoms with van der Waals surface area (Å²) in [5.74, 6) is -0.873. The van der Waals surface area contributed by atoms with Crippen LogP contribution in [0.4, 0.5) is 5.69 Å². The van der Waals surface area contributed by atoms with E-state index in [-0.39, 0.29) is 23.4 Å². The number of hydrogen-bond acceptors (Lipinski definition) is 4. The number of nitrogens with one attached hydrogen (secondary N) is 1. The van der Waals surface area contributed by atoms with Crippen LogP contribution >= 0.6 is 27.5 Å². The molecule has 0 aliphatic carbocycles. The van der Waals surface area contributed by atoms with Gasteiger partial charge in [-0.15, -0.1) is 0 Å². The molecule has 0 saturated heterocycles. The Kier molecular flexibility index (Phi) is 10.6. The van der Waals surface area contributed by atoms with Gasteiger partial charge in [0.1, 0.15) is 12.6 Å². The molecular formula is C29H33BrClN3O4S. The molecule has 0 bridgehead atoms. The van der Waals surface area contributed by atoms with E-state index in [2.05, 4.69) is 21.2 Å². The summed E-state index contributed by atoms with van der Waals surface area (Å²) >= 11 is 9.77. The van der Waals surface area contributed by atoms with E-state index in [1.807, 2.05) is 20.8 Å². The molecular weight excluding hydrogens is 602 g/mol. The lowest BCUT2D eigenvalue weighted by Crippen LogP contribution is -2.52. The van der Waals surface area contributed by atoms with Crippen LogP contribution in [0, 0.1) is 6.92 Å². The fourth-order valence-corrected chi connectivity index (χ4v) is 5.71. The monoisotopic (exact) mass is 633 g/mol. The Labute approximate surface area is 244 Å². The Morgan fingerprint density at radius 1 is 0.974 bits per heavy atom. The molecule has 3 aromatic rings. The molecule has 0 spiro atoms. The van der Waals surface area contributed by atoms with Gasteiger partial charge in [0, 0.05) is 22.1 Å². The third-order valence-corrected chi connectivity index (χ3v) is 9.15. The second-order valence-electron chi connectivity index (χ2n) is 9.41. The molecule has 3 aromatic carbocycles. The van der Waals surface area contributed by atoms with Gasteiger partial charge in [0.15, 0.2) is 0 Å². The van der Waals surface area contributed by atoms with Crippen molar-refractivity contribution in [2.75, 3.05) is 10.8 Å². The predicted octanol–water partition coefficient (Wildman–Crippen LogP) is 5.94. The van der Waals surface area contributed by atoms with Gasteiger partial charge in [-0.3, -0.25) is 13.9 Å². The number of anilines is 1. The van der Waals surface area contributed by atoms with Crippen molar-refractivity contribution in [3.63, 3.8) is 0 Å². The van der Waals surface area contributed by atoms with Gasteiger partial charge in [-0.1, -0.05) is 70.3 Å². The van der Waals surface area contributed by atoms with Gasteiger partial charge in [-0.25, -0.2) is 8.42 Å². The maximum atomic E-state index is 13.9. The molecule has 208 valence electrons. The number of halogens is 2. The molecule has 0 heterocycles. The van der Waals surface area contributed by atoms with Crippen molar-refractivity contribution in [3.05, 3.63) is 93.4 Å². The zero-order valence-corrected chi connectivity index (χ0v) is 25.6. The fourth-order valence-electron chi connectivity index (χ4n) is 3.83. The highest BCUT2D eigenvalue weighted by Crippen LogP contribution is 2.27. The number of nitrogens with zero attached hydrogens (tertiary/aromatic N) is 2. The van der Waals surface area contributed by atoms with Crippen LogP contribution in [0.15, 0.2) is 82.2 Å². The Bertz CT molecular complexity index is 1400. The number of carbonyl (C=O) groups excluding carboxylic acids is 2. The zero-order chi connectivity index (χ0) is 28.7. The van der Waals surface area contributed by atoms with Crippen molar-refractivity contribution in [1.82, 2.24) is 10.2 Å². The quantitative estimate of drug-likeness (QED) is 0.283. The standard InChI is InChI=1S/C29H33BrClN3O4S/c1-5-21(3)32-29(36)22(4)33(18-23-8-6-7-9-27(23)31)28(35)19-34(25-14-12-24(30)13-15-25)39(37,38)26-16-10-20(2)11-17-26/h6-17,21-22H,5,18-19H2,1-4H3,(H,32,36)/t21-,22+/m0/s1. The number of rotatable bonds is 11. The summed E-state index contributed by atoms with van der Waals surface area (Å²) in [6.45, 7) is 6.86. The normalized spacial score (nSPS) is 12.9. The lowest BCUT2D eigenvalue weighted by Gasteiger charge is -2.32. The first-order valence-corrected chi connectivity index (χ1v) is 15.2. The second kappa shape index (κ2) is 13.5. The smallest absolute Gasteiger partial charge is 0.264 e. The number of aryl methyl sites for hydroxylation is 1. The van der Waals surface area contributed by atoms with Gasteiger partial charge in [-0.2, -0.15) is 0 Å². The van der Waals surface area contributed by atoms with Gasteiger partial charge >= 0.3 is 0 Å². The van der Waals surface area contributed by atoms with Crippen molar-refractivity contribution < 1.29 is 18.0 Å². The Morgan fingerprint density at radius 3 is 2.18 bits per heavy atom. The fraction of sp³-hybridized carbons (Fsp3) is 0.310. The average Bonchev–Trinajstić information content (AvgIpc) is 2.91. The SMILES string of the molecule is CC[C@H](C)NC(=O)[C@@H](C)N(Cc1ccccc1Cl)C(=O)CN(c1ccc(Br)cc1)S(=O)(=O)c1ccc(C)cc1. The van der Waals surface area contributed by atoms with Crippen molar-refractivity contribution in [3.8, 4) is 0 Å². The predicted molar refractivity (Wildman–Crippen MR) is 159 cm³/mol. The lowest BCUT2D eigenvalue weighted by atomic mass is 10.1. The molecule has 0 unspecified atom stereocenters. The van der Waals surface area contributed by atoms with Crippen LogP contribution in [0.3, 0.4) is 0 Å². The molecule has 0 radical (unpaired) electrons. The van der Waals surface area contributed by atoms with E-state index in [4.69, 9.17) is 11.6 Å². The number of carbonyl (C=O) groups is 2. The Balaban J connectivity index is 2.03. The summed E-state index contributed by atoms with van der Waals surface area (Å²) in [6, 6.07) is 19.2. The van der Waals surface area contributed by atoms with Crippen LogP contribution < -0.4 is 9.62 Å². The van der Waals surface area contributed by atoms with E-state index in [1.54, 1.807) is 67.6 Å². The first-order valence-electron chi connectivity index (χ1n) is 12.6. The number of benzene rings is 3. The first kappa shape index (κ1) is 30.7. The van der Waals surface area contributed by atoms with Crippen LogP contribution in [-0.4, -0.2) is 43.8 Å². The summed E-state index contributed by atoms with van der Waals surface area (Å²) in [4.78, 5) is 28.5. The van der Waals surface area contributed by atoms with E-state index < -0.39 is 28.5 Å². The van der Waals surface area contributed by atoms with Crippen molar-refractivity contribution in [2.45, 2.75) is 57.6 Å². The lowest BCUT2D eigenvalue weighted by molar-refractivity contribution is -0.139. The number of sulfonamides is 1. The second-order valence-corrected chi connectivity index (χ2v) is 12.6. The highest BCUT2D eigenvalue weighted by molar-refractivity contribution is 9.10. The van der Waals surface area contributed by atoms with Crippen molar-refractivity contribution in [1.29, 1.82) is 0 Å². The summed E-state index contributed by atoms with van der Waals surface area (Å²) in [5.41, 5.74) is 1.88. The minimum absolute atomic E-state index is 0.0341. The van der Waals surface area contributed by atoms with Crippen molar-refractivity contribution >= 4 is 55.1 Å². The van der Waals surface area contributed by atoms with E-state index in [9.17, 15) is 18.0 Å². The molecule has 39 heavy (non-hydrogen) atoms. The third kappa shape index (κ3) is 7.84. The van der Waals surface area contributed by atoms with Crippen LogP contribution in [-0.2, 0) is 26.2 Å². The highest BCUT2D eigenvalue weighted by atomic mass is 79.9. The first-order chi connectivity index (χ1) is 18.4. The summed E-state index contributed by atoms with van der Waals surface area (Å²) in [6.07, 6.45) is 0.725. The molecule has 2 amide bonds. The summed E-state index contributed by atoms with van der Waals surface area (Å²) < 4.78 is 29.5. The van der Waals surface area contributed by atoms with Gasteiger partial charge in [0.25, 0.3) is 10.0 Å². The molecule has 3 rings (SSSR count). The van der Waals surface area contributed by atoms with Crippen LogP contribution in [0.2, 0.25) is 5.02 Å². The Morgan fingerprint density at radius 2 is 1.59 bits per heavy atom. The average molecular weight is 635 g/mol. The number of hydrogen-bond donors (Lipinski definition) is 1. The minimum Gasteiger partial charge on any atom is -0.352 e. The molecule has 0 fully saturated rings. The molecule has 1 N–H and O–H groups in total. The molecule has 7 nitrogen and oxygen atoms in total. The van der Waals surface area contributed by atoms with E-state index in [0.29, 0.717) is 16.3 Å². The molecule has 0 aromatic heterocycles. The largest absolute Gasteiger partial charge is 0.352 e. The third-order valence-electron chi connectivity index (χ3n) is 6.47. The van der Waals surface area contributed by atoms with E-state index >= 15 is 0 Å². The maximum Gasteiger partial charge on any atom is 0.264 e. The van der Waals surface area contributed by atoms with Crippen LogP contribution in [0.1, 0.15) is 38.3 Å². The molecule has 0 aliphatic heterocycles. The number of amides is 2. The van der Waals surface area contributed by atoms with E-state index in [1.165, 1.54) is 17.0 Å². The van der Waals surface area contributed by atoms with Crippen LogP contribution in [0.25, 0.3) is 0 Å². The van der Waals surface area contributed by atoms with Gasteiger partial charge in [0.2, 0.25) is 11.8 Å². The minimum atomic E-state index is -4.12. The molecule has 10 heteroatoms. The Hall–Kier alpha value is -2.88. The van der Waals surface area contributed by atoms with Crippen LogP contribution in [0.5, 0.6) is 0 Å². The molecule has 0 saturated carbocycles. The summed E-state index contributed by atoms with van der Waals surface area (Å²) in [5, 5.41) is 3.36. The highest BCUT2D eigenvalue weighted by Gasteiger charge is 2.33. The maximum absolute atomic E-state index is 13.9. The van der Waals surface area contributed by atoms with Gasteiger partial charge < -0.3 is 10.2 Å². The molecule has 0 aliphatic rings. The molecule has 2 atom stereocenters.